The first-order valence-corrected chi connectivity index (χ1v) is 10.1. The number of aromatic amines is 1. The number of halogens is 1. The van der Waals surface area contributed by atoms with Crippen molar-refractivity contribution in [3.05, 3.63) is 73.5 Å². The fourth-order valence-corrected chi connectivity index (χ4v) is 3.62. The van der Waals surface area contributed by atoms with E-state index in [0.29, 0.717) is 5.56 Å². The van der Waals surface area contributed by atoms with Gasteiger partial charge in [-0.2, -0.15) is 0 Å². The molecule has 0 amide bonds. The molecule has 0 bridgehead atoms. The molecule has 10 heteroatoms. The summed E-state index contributed by atoms with van der Waals surface area (Å²) in [5, 5.41) is 30.9. The molecule has 0 spiro atoms. The highest BCUT2D eigenvalue weighted by Crippen LogP contribution is 2.30. The van der Waals surface area contributed by atoms with Crippen molar-refractivity contribution in [3.63, 3.8) is 0 Å². The molecule has 2 aromatic rings. The van der Waals surface area contributed by atoms with Crippen molar-refractivity contribution in [1.29, 1.82) is 0 Å². The maximum absolute atomic E-state index is 12.5. The predicted octanol–water partition coefficient (Wildman–Crippen LogP) is 0.0842. The summed E-state index contributed by atoms with van der Waals surface area (Å²) >= 11 is 3.05. The van der Waals surface area contributed by atoms with Gasteiger partial charge in [0.25, 0.3) is 5.56 Å². The van der Waals surface area contributed by atoms with E-state index in [1.807, 2.05) is 0 Å². The van der Waals surface area contributed by atoms with Gasteiger partial charge in [-0.25, -0.2) is 4.79 Å². The molecule has 1 aromatic carbocycles. The Kier molecular flexibility index (Phi) is 7.16. The zero-order valence-electron chi connectivity index (χ0n) is 15.7. The highest BCUT2D eigenvalue weighted by molar-refractivity contribution is 9.11. The molecule has 0 saturated carbocycles. The number of Topliss-reactive ketones (excluding diaryl/α,β-unsaturated/α-hetero) is 1. The van der Waals surface area contributed by atoms with Crippen molar-refractivity contribution in [2.24, 2.45) is 0 Å². The van der Waals surface area contributed by atoms with Gasteiger partial charge in [-0.1, -0.05) is 46.3 Å². The maximum atomic E-state index is 12.5. The van der Waals surface area contributed by atoms with Gasteiger partial charge in [0.2, 0.25) is 0 Å². The summed E-state index contributed by atoms with van der Waals surface area (Å²) in [7, 11) is 0. The highest BCUT2D eigenvalue weighted by atomic mass is 79.9. The van der Waals surface area contributed by atoms with E-state index in [4.69, 9.17) is 4.74 Å². The summed E-state index contributed by atoms with van der Waals surface area (Å²) < 4.78 is 6.64. The van der Waals surface area contributed by atoms with Crippen molar-refractivity contribution < 1.29 is 24.9 Å². The normalized spacial score (nSPS) is 23.5. The lowest BCUT2D eigenvalue weighted by Gasteiger charge is -2.22. The van der Waals surface area contributed by atoms with Crippen molar-refractivity contribution in [2.75, 3.05) is 0 Å². The van der Waals surface area contributed by atoms with Crippen LogP contribution in [0.1, 0.15) is 23.8 Å². The third kappa shape index (κ3) is 4.85. The Bertz CT molecular complexity index is 1030. The molecule has 160 valence electrons. The van der Waals surface area contributed by atoms with Gasteiger partial charge < -0.3 is 20.1 Å². The zero-order chi connectivity index (χ0) is 21.8. The van der Waals surface area contributed by atoms with Crippen LogP contribution in [0.15, 0.2) is 51.1 Å². The second kappa shape index (κ2) is 9.63. The smallest absolute Gasteiger partial charge is 0.330 e. The standard InChI is InChI=1S/C20H21BrN2O7/c21-7-6-12-10-23(20(29)22-19(12)28)15-9-14(25)18(30-15)17(27)16(26)13(24)8-11-4-2-1-3-5-11/h1-7,10,13-15,17-18,24-25,27H,8-9H2,(H,22,28,29)/b7-6+/t13?,14-,15+,17?,18-/m0/s1. The molecular formula is C20H21BrN2O7. The Labute approximate surface area is 179 Å². The minimum atomic E-state index is -1.79. The number of aliphatic hydroxyl groups is 3. The van der Waals surface area contributed by atoms with Crippen LogP contribution < -0.4 is 11.2 Å². The first kappa shape index (κ1) is 22.3. The van der Waals surface area contributed by atoms with Gasteiger partial charge in [0.1, 0.15) is 24.5 Å². The first-order valence-electron chi connectivity index (χ1n) is 9.21. The summed E-state index contributed by atoms with van der Waals surface area (Å²) in [5.41, 5.74) is -0.470. The molecule has 1 fully saturated rings. The number of rotatable bonds is 7. The van der Waals surface area contributed by atoms with Crippen LogP contribution in [0, 0.1) is 0 Å². The fourth-order valence-electron chi connectivity index (χ4n) is 3.33. The Hall–Kier alpha value is -2.37. The van der Waals surface area contributed by atoms with Crippen LogP contribution in [-0.2, 0) is 16.0 Å². The van der Waals surface area contributed by atoms with Crippen LogP contribution >= 0.6 is 15.9 Å². The first-order chi connectivity index (χ1) is 14.3. The molecule has 1 aliphatic heterocycles. The number of benzene rings is 1. The van der Waals surface area contributed by atoms with E-state index in [2.05, 4.69) is 20.9 Å². The molecule has 0 aliphatic carbocycles. The van der Waals surface area contributed by atoms with Crippen LogP contribution in [0.2, 0.25) is 0 Å². The average molecular weight is 481 g/mol. The van der Waals surface area contributed by atoms with Gasteiger partial charge in [-0.3, -0.25) is 19.1 Å². The fraction of sp³-hybridized carbons (Fsp3) is 0.350. The van der Waals surface area contributed by atoms with E-state index in [-0.39, 0.29) is 18.4 Å². The topological polar surface area (TPSA) is 142 Å². The monoisotopic (exact) mass is 480 g/mol. The second-order valence-electron chi connectivity index (χ2n) is 6.95. The van der Waals surface area contributed by atoms with Crippen LogP contribution in [0.5, 0.6) is 0 Å². The lowest BCUT2D eigenvalue weighted by atomic mass is 9.97. The number of nitrogens with zero attached hydrogens (tertiary/aromatic N) is 1. The van der Waals surface area contributed by atoms with E-state index < -0.39 is 47.7 Å². The molecule has 3 rings (SSSR count). The summed E-state index contributed by atoms with van der Waals surface area (Å²) in [6.45, 7) is 0. The van der Waals surface area contributed by atoms with Gasteiger partial charge in [-0.15, -0.1) is 0 Å². The largest absolute Gasteiger partial charge is 0.390 e. The summed E-state index contributed by atoms with van der Waals surface area (Å²) in [6, 6.07) is 8.80. The van der Waals surface area contributed by atoms with E-state index in [0.717, 1.165) is 4.57 Å². The number of carbonyl (C=O) groups excluding carboxylic acids is 1. The Morgan fingerprint density at radius 1 is 1.30 bits per heavy atom. The maximum Gasteiger partial charge on any atom is 0.330 e. The number of aromatic nitrogens is 2. The second-order valence-corrected chi connectivity index (χ2v) is 7.48. The van der Waals surface area contributed by atoms with Crippen molar-refractivity contribution >= 4 is 27.8 Å². The number of hydrogen-bond acceptors (Lipinski definition) is 7. The number of ketones is 1. The van der Waals surface area contributed by atoms with Gasteiger partial charge in [0.05, 0.1) is 11.7 Å². The minimum Gasteiger partial charge on any atom is -0.390 e. The minimum absolute atomic E-state index is 0.00456. The molecule has 2 heterocycles. The lowest BCUT2D eigenvalue weighted by molar-refractivity contribution is -0.149. The Morgan fingerprint density at radius 2 is 2.00 bits per heavy atom. The molecule has 9 nitrogen and oxygen atoms in total. The molecule has 0 radical (unpaired) electrons. The van der Waals surface area contributed by atoms with Crippen molar-refractivity contribution in [1.82, 2.24) is 9.55 Å². The van der Waals surface area contributed by atoms with E-state index in [1.54, 1.807) is 30.3 Å². The number of aliphatic hydroxyl groups excluding tert-OH is 3. The van der Waals surface area contributed by atoms with Crippen LogP contribution in [0.4, 0.5) is 0 Å². The van der Waals surface area contributed by atoms with E-state index in [9.17, 15) is 29.7 Å². The SMILES string of the molecule is O=C(C(O)Cc1ccccc1)C(O)[C@H]1O[C@@H](n2cc(/C=C/Br)c(=O)[nH]c2=O)C[C@@H]1O. The lowest BCUT2D eigenvalue weighted by Crippen LogP contribution is -2.45. The summed E-state index contributed by atoms with van der Waals surface area (Å²) in [5.74, 6) is -0.889. The third-order valence-corrected chi connectivity index (χ3v) is 5.15. The molecule has 2 unspecified atom stereocenters. The zero-order valence-corrected chi connectivity index (χ0v) is 17.3. The van der Waals surface area contributed by atoms with Crippen LogP contribution in [0.25, 0.3) is 6.08 Å². The molecule has 1 aliphatic rings. The quantitative estimate of drug-likeness (QED) is 0.439. The van der Waals surface area contributed by atoms with E-state index >= 15 is 0 Å². The van der Waals surface area contributed by atoms with Crippen molar-refractivity contribution in [3.8, 4) is 0 Å². The highest BCUT2D eigenvalue weighted by Gasteiger charge is 2.43. The molecular weight excluding hydrogens is 460 g/mol. The van der Waals surface area contributed by atoms with Gasteiger partial charge >= 0.3 is 5.69 Å². The van der Waals surface area contributed by atoms with Crippen LogP contribution in [0.3, 0.4) is 0 Å². The molecule has 1 aromatic heterocycles. The third-order valence-electron chi connectivity index (χ3n) is 4.89. The number of hydrogen-bond donors (Lipinski definition) is 4. The van der Waals surface area contributed by atoms with Gasteiger partial charge in [-0.05, 0) is 16.6 Å². The van der Waals surface area contributed by atoms with E-state index in [1.165, 1.54) is 17.3 Å². The average Bonchev–Trinajstić information content (AvgIpc) is 3.11. The molecule has 1 saturated heterocycles. The Morgan fingerprint density at radius 3 is 2.67 bits per heavy atom. The van der Waals surface area contributed by atoms with Gasteiger partial charge in [0, 0.05) is 19.0 Å². The number of nitrogens with one attached hydrogen (secondary N) is 1. The molecule has 5 atom stereocenters. The van der Waals surface area contributed by atoms with Gasteiger partial charge in [0.15, 0.2) is 5.78 Å². The molecule has 4 N–H and O–H groups in total. The Balaban J connectivity index is 1.74. The number of H-pyrrole nitrogens is 1. The number of carbonyl (C=O) groups is 1. The molecule has 30 heavy (non-hydrogen) atoms. The summed E-state index contributed by atoms with van der Waals surface area (Å²) in [6.07, 6.45) is -4.27. The van der Waals surface area contributed by atoms with Crippen molar-refractivity contribution in [2.45, 2.75) is 43.5 Å². The predicted molar refractivity (Wildman–Crippen MR) is 111 cm³/mol. The number of ether oxygens (including phenoxy) is 1. The summed E-state index contributed by atoms with van der Waals surface area (Å²) in [4.78, 5) is 40.0. The van der Waals surface area contributed by atoms with Crippen LogP contribution in [-0.4, -0.2) is 55.1 Å².